The lowest BCUT2D eigenvalue weighted by Crippen LogP contribution is -2.40. The van der Waals surface area contributed by atoms with Crippen LogP contribution >= 0.6 is 15.9 Å². The summed E-state index contributed by atoms with van der Waals surface area (Å²) in [5, 5.41) is 0. The van der Waals surface area contributed by atoms with Crippen LogP contribution in [-0.2, 0) is 11.0 Å². The van der Waals surface area contributed by atoms with E-state index in [0.717, 1.165) is 10.3 Å². The Kier molecular flexibility index (Phi) is 4.79. The van der Waals surface area contributed by atoms with Crippen molar-refractivity contribution >= 4 is 26.9 Å². The Hall–Kier alpha value is -0.260. The number of aromatic nitrogens is 1. The average Bonchev–Trinajstić information content (AvgIpc) is 2.24. The molecule has 19 heavy (non-hydrogen) atoms. The minimum absolute atomic E-state index is 0.0892. The fourth-order valence-corrected chi connectivity index (χ4v) is 3.32. The zero-order valence-electron chi connectivity index (χ0n) is 11.6. The maximum absolute atomic E-state index is 12.3. The number of halogens is 1. The molecular weight excluding hydrogens is 324 g/mol. The SMILES string of the molecule is CC(C)(C)S(=O)N[C@H](c1cccc(Br)n1)C1CCC1. The third kappa shape index (κ3) is 3.86. The maximum atomic E-state index is 12.3. The van der Waals surface area contributed by atoms with Crippen molar-refractivity contribution in [3.63, 3.8) is 0 Å². The van der Waals surface area contributed by atoms with E-state index in [1.165, 1.54) is 19.3 Å². The van der Waals surface area contributed by atoms with E-state index in [-0.39, 0.29) is 10.8 Å². The number of nitrogens with one attached hydrogen (secondary N) is 1. The molecule has 1 unspecified atom stereocenters. The first-order valence-electron chi connectivity index (χ1n) is 6.68. The van der Waals surface area contributed by atoms with Crippen LogP contribution in [0.2, 0.25) is 0 Å². The van der Waals surface area contributed by atoms with Crippen LogP contribution in [0.15, 0.2) is 22.8 Å². The molecule has 1 aromatic heterocycles. The molecule has 1 saturated carbocycles. The summed E-state index contributed by atoms with van der Waals surface area (Å²) in [6, 6.07) is 6.01. The molecule has 0 aliphatic heterocycles. The number of pyridine rings is 1. The lowest BCUT2D eigenvalue weighted by Gasteiger charge is -2.35. The van der Waals surface area contributed by atoms with Gasteiger partial charge in [0, 0.05) is 0 Å². The van der Waals surface area contributed by atoms with Crippen LogP contribution in [0, 0.1) is 5.92 Å². The Morgan fingerprint density at radius 2 is 2.11 bits per heavy atom. The molecule has 0 saturated heterocycles. The van der Waals surface area contributed by atoms with Gasteiger partial charge in [0.2, 0.25) is 0 Å². The van der Waals surface area contributed by atoms with E-state index in [1.807, 2.05) is 39.0 Å². The average molecular weight is 345 g/mol. The van der Waals surface area contributed by atoms with Gasteiger partial charge in [-0.1, -0.05) is 12.5 Å². The number of nitrogens with zero attached hydrogens (tertiary/aromatic N) is 1. The Labute approximate surface area is 126 Å². The standard InChI is InChI=1S/C14H21BrN2OS/c1-14(2,3)19(18)17-13(10-6-4-7-10)11-8-5-9-12(15)16-11/h5,8-10,13,17H,4,6-7H2,1-3H3/t13-,19?/m0/s1. The van der Waals surface area contributed by atoms with Gasteiger partial charge >= 0.3 is 0 Å². The molecule has 1 fully saturated rings. The monoisotopic (exact) mass is 344 g/mol. The van der Waals surface area contributed by atoms with Gasteiger partial charge in [0.15, 0.2) is 0 Å². The summed E-state index contributed by atoms with van der Waals surface area (Å²) in [4.78, 5) is 4.53. The van der Waals surface area contributed by atoms with Gasteiger partial charge in [-0.05, 0) is 67.6 Å². The lowest BCUT2D eigenvalue weighted by molar-refractivity contribution is 0.248. The fraction of sp³-hybridized carbons (Fsp3) is 0.643. The first kappa shape index (κ1) is 15.1. The van der Waals surface area contributed by atoms with Gasteiger partial charge < -0.3 is 0 Å². The second-order valence-corrected chi connectivity index (χ2v) is 8.86. The van der Waals surface area contributed by atoms with E-state index >= 15 is 0 Å². The topological polar surface area (TPSA) is 42.0 Å². The molecule has 1 N–H and O–H groups in total. The van der Waals surface area contributed by atoms with Crippen LogP contribution in [0.1, 0.15) is 51.8 Å². The van der Waals surface area contributed by atoms with Crippen molar-refractivity contribution in [3.05, 3.63) is 28.5 Å². The number of hydrogen-bond acceptors (Lipinski definition) is 2. The Morgan fingerprint density at radius 1 is 1.42 bits per heavy atom. The molecule has 106 valence electrons. The number of hydrogen-bond donors (Lipinski definition) is 1. The van der Waals surface area contributed by atoms with Crippen LogP contribution in [-0.4, -0.2) is 13.9 Å². The zero-order chi connectivity index (χ0) is 14.0. The Morgan fingerprint density at radius 3 is 2.58 bits per heavy atom. The molecule has 0 bridgehead atoms. The van der Waals surface area contributed by atoms with Crippen molar-refractivity contribution in [2.24, 2.45) is 5.92 Å². The van der Waals surface area contributed by atoms with Gasteiger partial charge in [0.25, 0.3) is 0 Å². The Balaban J connectivity index is 2.19. The molecule has 3 nitrogen and oxygen atoms in total. The lowest BCUT2D eigenvalue weighted by atomic mass is 9.79. The predicted molar refractivity (Wildman–Crippen MR) is 83.1 cm³/mol. The van der Waals surface area contributed by atoms with Crippen LogP contribution in [0.5, 0.6) is 0 Å². The highest BCUT2D eigenvalue weighted by atomic mass is 79.9. The summed E-state index contributed by atoms with van der Waals surface area (Å²) in [5.41, 5.74) is 0.983. The molecular formula is C14H21BrN2OS. The molecule has 0 radical (unpaired) electrons. The van der Waals surface area contributed by atoms with Crippen LogP contribution in [0.3, 0.4) is 0 Å². The molecule has 0 spiro atoms. The first-order chi connectivity index (χ1) is 8.88. The molecule has 5 heteroatoms. The van der Waals surface area contributed by atoms with Crippen LogP contribution in [0.25, 0.3) is 0 Å². The van der Waals surface area contributed by atoms with Crippen molar-refractivity contribution < 1.29 is 4.21 Å². The highest BCUT2D eigenvalue weighted by molar-refractivity contribution is 9.10. The molecule has 1 aliphatic carbocycles. The summed E-state index contributed by atoms with van der Waals surface area (Å²) < 4.78 is 16.2. The zero-order valence-corrected chi connectivity index (χ0v) is 14.1. The molecule has 1 aliphatic rings. The van der Waals surface area contributed by atoms with Crippen LogP contribution < -0.4 is 4.72 Å². The molecule has 2 atom stereocenters. The molecule has 0 aromatic carbocycles. The van der Waals surface area contributed by atoms with Gasteiger partial charge in [-0.15, -0.1) is 0 Å². The van der Waals surface area contributed by atoms with E-state index in [1.54, 1.807) is 0 Å². The molecule has 2 rings (SSSR count). The second kappa shape index (κ2) is 6.02. The van der Waals surface area contributed by atoms with E-state index in [4.69, 9.17) is 0 Å². The third-order valence-electron chi connectivity index (χ3n) is 3.47. The largest absolute Gasteiger partial charge is 0.244 e. The van der Waals surface area contributed by atoms with E-state index in [2.05, 4.69) is 25.6 Å². The van der Waals surface area contributed by atoms with E-state index in [0.29, 0.717) is 5.92 Å². The van der Waals surface area contributed by atoms with Gasteiger partial charge in [0.05, 0.1) is 27.5 Å². The summed E-state index contributed by atoms with van der Waals surface area (Å²) in [7, 11) is -1.07. The van der Waals surface area contributed by atoms with E-state index in [9.17, 15) is 4.21 Å². The summed E-state index contributed by atoms with van der Waals surface area (Å²) in [5.74, 6) is 0.549. The summed E-state index contributed by atoms with van der Waals surface area (Å²) in [6.45, 7) is 5.97. The van der Waals surface area contributed by atoms with Crippen molar-refractivity contribution in [2.75, 3.05) is 0 Å². The smallest absolute Gasteiger partial charge is 0.106 e. The minimum atomic E-state index is -1.07. The van der Waals surface area contributed by atoms with Crippen LogP contribution in [0.4, 0.5) is 0 Å². The van der Waals surface area contributed by atoms with Crippen molar-refractivity contribution in [1.29, 1.82) is 0 Å². The van der Waals surface area contributed by atoms with Crippen molar-refractivity contribution in [1.82, 2.24) is 9.71 Å². The summed E-state index contributed by atoms with van der Waals surface area (Å²) in [6.07, 6.45) is 3.64. The molecule has 0 amide bonds. The predicted octanol–water partition coefficient (Wildman–Crippen LogP) is 3.74. The Bertz CT molecular complexity index is 469. The second-order valence-electron chi connectivity index (χ2n) is 6.05. The van der Waals surface area contributed by atoms with Gasteiger partial charge in [0.1, 0.15) is 4.60 Å². The molecule has 1 heterocycles. The van der Waals surface area contributed by atoms with Crippen molar-refractivity contribution in [2.45, 2.75) is 50.8 Å². The highest BCUT2D eigenvalue weighted by Crippen LogP contribution is 2.38. The fourth-order valence-electron chi connectivity index (χ4n) is 2.06. The van der Waals surface area contributed by atoms with E-state index < -0.39 is 11.0 Å². The highest BCUT2D eigenvalue weighted by Gasteiger charge is 2.33. The maximum Gasteiger partial charge on any atom is 0.106 e. The van der Waals surface area contributed by atoms with Crippen molar-refractivity contribution in [3.8, 4) is 0 Å². The summed E-state index contributed by atoms with van der Waals surface area (Å²) >= 11 is 3.41. The third-order valence-corrected chi connectivity index (χ3v) is 5.49. The van der Waals surface area contributed by atoms with Gasteiger partial charge in [-0.25, -0.2) is 13.9 Å². The quantitative estimate of drug-likeness (QED) is 0.845. The van der Waals surface area contributed by atoms with Gasteiger partial charge in [-0.3, -0.25) is 0 Å². The first-order valence-corrected chi connectivity index (χ1v) is 8.63. The normalized spacial score (nSPS) is 19.8. The minimum Gasteiger partial charge on any atom is -0.244 e. The van der Waals surface area contributed by atoms with Gasteiger partial charge in [-0.2, -0.15) is 0 Å². The molecule has 1 aromatic rings. The number of rotatable bonds is 4.